The van der Waals surface area contributed by atoms with Crippen LogP contribution in [0.4, 0.5) is 4.39 Å². The van der Waals surface area contributed by atoms with Crippen molar-refractivity contribution in [2.45, 2.75) is 37.5 Å². The lowest BCUT2D eigenvalue weighted by molar-refractivity contribution is 0.286. The van der Waals surface area contributed by atoms with Gasteiger partial charge >= 0.3 is 0 Å². The minimum absolute atomic E-state index is 0.204. The Morgan fingerprint density at radius 2 is 2.12 bits per heavy atom. The third-order valence-electron chi connectivity index (χ3n) is 5.15. The highest BCUT2D eigenvalue weighted by molar-refractivity contribution is 5.31. The summed E-state index contributed by atoms with van der Waals surface area (Å²) in [6.07, 6.45) is 6.04. The van der Waals surface area contributed by atoms with Crippen molar-refractivity contribution in [2.24, 2.45) is 7.05 Å². The van der Waals surface area contributed by atoms with Crippen molar-refractivity contribution in [3.8, 4) is 5.75 Å². The summed E-state index contributed by atoms with van der Waals surface area (Å²) < 4.78 is 22.4. The van der Waals surface area contributed by atoms with Gasteiger partial charge in [0, 0.05) is 56.1 Å². The molecule has 1 aliphatic carbocycles. The molecular formula is C19H25FN4O. The van der Waals surface area contributed by atoms with E-state index >= 15 is 0 Å². The lowest BCUT2D eigenvalue weighted by atomic mass is 9.99. The van der Waals surface area contributed by atoms with Gasteiger partial charge in [0.15, 0.2) is 11.6 Å². The van der Waals surface area contributed by atoms with Gasteiger partial charge in [0.05, 0.1) is 12.4 Å². The number of ether oxygens (including phenoxy) is 1. The summed E-state index contributed by atoms with van der Waals surface area (Å²) in [4.78, 5) is 6.55. The molecule has 2 atom stereocenters. The normalized spacial score (nSPS) is 24.0. The molecule has 0 amide bonds. The summed E-state index contributed by atoms with van der Waals surface area (Å²) in [6.45, 7) is 2.42. The number of nitrogens with one attached hydrogen (secondary N) is 1. The second-order valence-corrected chi connectivity index (χ2v) is 7.29. The summed E-state index contributed by atoms with van der Waals surface area (Å²) in [5.41, 5.74) is 1.88. The molecule has 1 N–H and O–H groups in total. The minimum atomic E-state index is -0.231. The van der Waals surface area contributed by atoms with Gasteiger partial charge in [0.1, 0.15) is 0 Å². The van der Waals surface area contributed by atoms with Crippen molar-refractivity contribution in [3.63, 3.8) is 0 Å². The van der Waals surface area contributed by atoms with Crippen LogP contribution in [0.5, 0.6) is 5.75 Å². The molecular weight excluding hydrogens is 319 g/mol. The Balaban J connectivity index is 1.46. The zero-order valence-corrected chi connectivity index (χ0v) is 14.8. The SMILES string of the molecule is CN1C[C@@H](NCc2cccc(OC3CC3)c2F)[C@H](c2cncn2C)C1. The predicted octanol–water partition coefficient (Wildman–Crippen LogP) is 2.29. The molecule has 4 rings (SSSR count). The van der Waals surface area contributed by atoms with Gasteiger partial charge in [0.25, 0.3) is 0 Å². The molecule has 2 aromatic rings. The van der Waals surface area contributed by atoms with Gasteiger partial charge in [-0.3, -0.25) is 0 Å². The Bertz CT molecular complexity index is 743. The van der Waals surface area contributed by atoms with Gasteiger partial charge in [0.2, 0.25) is 0 Å². The van der Waals surface area contributed by atoms with Gasteiger partial charge in [-0.15, -0.1) is 0 Å². The number of benzene rings is 1. The van der Waals surface area contributed by atoms with Crippen molar-refractivity contribution < 1.29 is 9.13 Å². The molecule has 1 saturated carbocycles. The largest absolute Gasteiger partial charge is 0.487 e. The Morgan fingerprint density at radius 3 is 2.84 bits per heavy atom. The standard InChI is InChI=1S/C19H25FN4O/c1-23-10-15(17-9-21-12-24(17)2)16(11-23)22-8-13-4-3-5-18(19(13)20)25-14-6-7-14/h3-5,9,12,14-16,22H,6-8,10-11H2,1-2H3/t15-,16-/m1/s1. The van der Waals surface area contributed by atoms with Crippen LogP contribution in [0.25, 0.3) is 0 Å². The summed E-state index contributed by atoms with van der Waals surface area (Å²) in [5, 5.41) is 3.55. The molecule has 1 aromatic heterocycles. The Kier molecular flexibility index (Phi) is 4.48. The first kappa shape index (κ1) is 16.5. The molecule has 0 radical (unpaired) electrons. The number of rotatable bonds is 6. The van der Waals surface area contributed by atoms with Crippen LogP contribution in [-0.2, 0) is 13.6 Å². The monoisotopic (exact) mass is 344 g/mol. The third kappa shape index (κ3) is 3.55. The van der Waals surface area contributed by atoms with Gasteiger partial charge in [-0.1, -0.05) is 12.1 Å². The Hall–Kier alpha value is -1.92. The van der Waals surface area contributed by atoms with Crippen LogP contribution in [0.1, 0.15) is 30.0 Å². The third-order valence-corrected chi connectivity index (χ3v) is 5.15. The molecule has 1 aromatic carbocycles. The number of hydrogen-bond acceptors (Lipinski definition) is 4. The number of aryl methyl sites for hydroxylation is 1. The van der Waals surface area contributed by atoms with E-state index in [1.165, 1.54) is 5.69 Å². The van der Waals surface area contributed by atoms with Crippen LogP contribution >= 0.6 is 0 Å². The minimum Gasteiger partial charge on any atom is -0.487 e. The average Bonchev–Trinajstić information content (AvgIpc) is 3.18. The van der Waals surface area contributed by atoms with Gasteiger partial charge < -0.3 is 19.5 Å². The number of halogens is 1. The summed E-state index contributed by atoms with van der Waals surface area (Å²) in [6, 6.07) is 5.70. The van der Waals surface area contributed by atoms with Gasteiger partial charge in [-0.05, 0) is 26.0 Å². The van der Waals surface area contributed by atoms with Crippen molar-refractivity contribution in [1.29, 1.82) is 0 Å². The zero-order chi connectivity index (χ0) is 17.4. The highest BCUT2D eigenvalue weighted by Gasteiger charge is 2.33. The molecule has 5 nitrogen and oxygen atoms in total. The second kappa shape index (κ2) is 6.77. The van der Waals surface area contributed by atoms with Gasteiger partial charge in [-0.2, -0.15) is 0 Å². The maximum absolute atomic E-state index is 14.7. The van der Waals surface area contributed by atoms with Crippen LogP contribution in [0.3, 0.4) is 0 Å². The topological polar surface area (TPSA) is 42.3 Å². The molecule has 1 saturated heterocycles. The first-order chi connectivity index (χ1) is 12.1. The molecule has 1 aliphatic heterocycles. The molecule has 25 heavy (non-hydrogen) atoms. The van der Waals surface area contributed by atoms with Crippen molar-refractivity contribution in [2.75, 3.05) is 20.1 Å². The highest BCUT2D eigenvalue weighted by Crippen LogP contribution is 2.30. The molecule has 6 heteroatoms. The molecule has 0 unspecified atom stereocenters. The van der Waals surface area contributed by atoms with Crippen LogP contribution in [0.2, 0.25) is 0 Å². The van der Waals surface area contributed by atoms with Crippen molar-refractivity contribution in [3.05, 3.63) is 47.8 Å². The molecule has 2 fully saturated rings. The summed E-state index contributed by atoms with van der Waals surface area (Å²) in [7, 11) is 4.14. The number of likely N-dealkylation sites (N-methyl/N-ethyl adjacent to an activating group) is 1. The fourth-order valence-corrected chi connectivity index (χ4v) is 3.62. The van der Waals surface area contributed by atoms with E-state index < -0.39 is 0 Å². The lowest BCUT2D eigenvalue weighted by Gasteiger charge is -2.21. The Labute approximate surface area is 147 Å². The quantitative estimate of drug-likeness (QED) is 0.873. The average molecular weight is 344 g/mol. The fraction of sp³-hybridized carbons (Fsp3) is 0.526. The maximum atomic E-state index is 14.7. The van der Waals surface area contributed by atoms with Crippen molar-refractivity contribution >= 4 is 0 Å². The maximum Gasteiger partial charge on any atom is 0.169 e. The zero-order valence-electron chi connectivity index (χ0n) is 14.8. The number of aromatic nitrogens is 2. The smallest absolute Gasteiger partial charge is 0.169 e. The highest BCUT2D eigenvalue weighted by atomic mass is 19.1. The van der Waals surface area contributed by atoms with Crippen LogP contribution in [-0.4, -0.2) is 46.7 Å². The lowest BCUT2D eigenvalue weighted by Crippen LogP contribution is -2.35. The van der Waals surface area contributed by atoms with Gasteiger partial charge in [-0.25, -0.2) is 9.37 Å². The van der Waals surface area contributed by atoms with E-state index in [-0.39, 0.29) is 18.0 Å². The number of likely N-dealkylation sites (tertiary alicyclic amines) is 1. The summed E-state index contributed by atoms with van der Waals surface area (Å²) >= 11 is 0. The molecule has 0 spiro atoms. The first-order valence-corrected chi connectivity index (χ1v) is 8.94. The number of hydrogen-bond donors (Lipinski definition) is 1. The number of nitrogens with zero attached hydrogens (tertiary/aromatic N) is 3. The van der Waals surface area contributed by atoms with E-state index in [1.54, 1.807) is 6.07 Å². The first-order valence-electron chi connectivity index (χ1n) is 8.94. The fourth-order valence-electron chi connectivity index (χ4n) is 3.62. The molecule has 134 valence electrons. The number of imidazole rings is 1. The molecule has 2 aliphatic rings. The van der Waals surface area contributed by atoms with E-state index in [9.17, 15) is 4.39 Å². The van der Waals surface area contributed by atoms with E-state index in [0.29, 0.717) is 23.8 Å². The van der Waals surface area contributed by atoms with Crippen molar-refractivity contribution in [1.82, 2.24) is 19.8 Å². The predicted molar refractivity (Wildman–Crippen MR) is 94.1 cm³/mol. The van der Waals surface area contributed by atoms with Crippen LogP contribution < -0.4 is 10.1 Å². The Morgan fingerprint density at radius 1 is 1.28 bits per heavy atom. The molecule has 2 heterocycles. The van der Waals surface area contributed by atoms with Crippen LogP contribution in [0, 0.1) is 5.82 Å². The van der Waals surface area contributed by atoms with E-state index in [4.69, 9.17) is 4.74 Å². The summed E-state index contributed by atoms with van der Waals surface area (Å²) in [5.74, 6) is 0.505. The van der Waals surface area contributed by atoms with E-state index in [1.807, 2.05) is 31.7 Å². The second-order valence-electron chi connectivity index (χ2n) is 7.29. The van der Waals surface area contributed by atoms with Crippen LogP contribution in [0.15, 0.2) is 30.7 Å². The molecule has 0 bridgehead atoms. The van der Waals surface area contributed by atoms with E-state index in [2.05, 4.69) is 26.8 Å². The van der Waals surface area contributed by atoms with E-state index in [0.717, 1.165) is 25.9 Å².